The molecule has 5 nitrogen and oxygen atoms in total. The van der Waals surface area contributed by atoms with E-state index in [2.05, 4.69) is 29.3 Å². The third-order valence-corrected chi connectivity index (χ3v) is 4.50. The lowest BCUT2D eigenvalue weighted by molar-refractivity contribution is 0.0899. The van der Waals surface area contributed by atoms with Gasteiger partial charge in [-0.1, -0.05) is 24.4 Å². The van der Waals surface area contributed by atoms with E-state index in [-0.39, 0.29) is 17.3 Å². The molecule has 6 heteroatoms. The number of nitrogens with two attached hydrogens (primary N) is 1. The highest BCUT2D eigenvalue weighted by atomic mass is 35.5. The van der Waals surface area contributed by atoms with Crippen LogP contribution < -0.4 is 11.1 Å². The Morgan fingerprint density at radius 3 is 2.70 bits per heavy atom. The Kier molecular flexibility index (Phi) is 4.50. The molecular weight excluding hydrogens is 276 g/mol. The number of nitrogens with zero attached hydrogens (tertiary/aromatic N) is 2. The van der Waals surface area contributed by atoms with Gasteiger partial charge in [-0.25, -0.2) is 4.98 Å². The average molecular weight is 297 g/mol. The summed E-state index contributed by atoms with van der Waals surface area (Å²) in [5.74, 6) is 0.0799. The Morgan fingerprint density at radius 2 is 2.15 bits per heavy atom. The van der Waals surface area contributed by atoms with E-state index in [0.717, 1.165) is 12.8 Å². The molecule has 1 amide bonds. The minimum absolute atomic E-state index is 0.0701. The van der Waals surface area contributed by atoms with Gasteiger partial charge in [0.15, 0.2) is 0 Å². The van der Waals surface area contributed by atoms with Crippen LogP contribution in [0.25, 0.3) is 0 Å². The molecule has 1 heterocycles. The number of aromatic nitrogens is 1. The summed E-state index contributed by atoms with van der Waals surface area (Å²) < 4.78 is 0. The minimum atomic E-state index is -0.160. The fourth-order valence-corrected chi connectivity index (χ4v) is 2.90. The predicted molar refractivity (Wildman–Crippen MR) is 80.9 cm³/mol. The van der Waals surface area contributed by atoms with Crippen LogP contribution in [-0.2, 0) is 0 Å². The lowest BCUT2D eigenvalue weighted by atomic mass is 9.96. The largest absolute Gasteiger partial charge is 0.382 e. The van der Waals surface area contributed by atoms with Gasteiger partial charge in [-0.15, -0.1) is 0 Å². The number of pyridine rings is 1. The maximum absolute atomic E-state index is 12.2. The van der Waals surface area contributed by atoms with Crippen molar-refractivity contribution in [3.8, 4) is 0 Å². The second-order valence-corrected chi connectivity index (χ2v) is 6.01. The number of rotatable bonds is 4. The summed E-state index contributed by atoms with van der Waals surface area (Å²) in [6, 6.07) is 1.55. The van der Waals surface area contributed by atoms with E-state index in [0.29, 0.717) is 17.1 Å². The molecule has 0 aliphatic heterocycles. The van der Waals surface area contributed by atoms with Crippen LogP contribution in [0.2, 0.25) is 5.02 Å². The number of hydrogen-bond acceptors (Lipinski definition) is 4. The van der Waals surface area contributed by atoms with Crippen molar-refractivity contribution >= 4 is 23.3 Å². The molecule has 110 valence electrons. The summed E-state index contributed by atoms with van der Waals surface area (Å²) in [7, 11) is 4.14. The van der Waals surface area contributed by atoms with Gasteiger partial charge in [0, 0.05) is 18.3 Å². The number of carbonyl (C=O) groups excluding carboxylic acids is 1. The molecule has 0 radical (unpaired) electrons. The van der Waals surface area contributed by atoms with Crippen molar-refractivity contribution in [2.24, 2.45) is 0 Å². The third kappa shape index (κ3) is 3.04. The Morgan fingerprint density at radius 1 is 1.50 bits per heavy atom. The molecule has 0 aromatic carbocycles. The zero-order chi connectivity index (χ0) is 14.8. The Hall–Kier alpha value is -1.33. The maximum Gasteiger partial charge on any atom is 0.252 e. The van der Waals surface area contributed by atoms with Gasteiger partial charge in [0.25, 0.3) is 5.91 Å². The van der Waals surface area contributed by atoms with E-state index in [1.54, 1.807) is 6.07 Å². The Bertz CT molecular complexity index is 498. The molecule has 0 saturated heterocycles. The molecule has 0 unspecified atom stereocenters. The van der Waals surface area contributed by atoms with Gasteiger partial charge in [-0.05, 0) is 33.0 Å². The van der Waals surface area contributed by atoms with E-state index in [4.69, 9.17) is 17.3 Å². The smallest absolute Gasteiger partial charge is 0.252 e. The second-order valence-electron chi connectivity index (χ2n) is 5.60. The van der Waals surface area contributed by atoms with E-state index in [1.165, 1.54) is 19.0 Å². The summed E-state index contributed by atoms with van der Waals surface area (Å²) in [6.07, 6.45) is 6.10. The number of nitrogen functional groups attached to an aromatic ring is 1. The van der Waals surface area contributed by atoms with Gasteiger partial charge < -0.3 is 16.0 Å². The maximum atomic E-state index is 12.2. The van der Waals surface area contributed by atoms with Gasteiger partial charge in [0.1, 0.15) is 5.82 Å². The predicted octanol–water partition coefficient (Wildman–Crippen LogP) is 1.92. The summed E-state index contributed by atoms with van der Waals surface area (Å²) in [5.41, 5.74) is 6.05. The molecule has 1 aromatic rings. The zero-order valence-corrected chi connectivity index (χ0v) is 12.7. The van der Waals surface area contributed by atoms with Crippen LogP contribution in [0, 0.1) is 0 Å². The van der Waals surface area contributed by atoms with Gasteiger partial charge in [-0.2, -0.15) is 0 Å². The number of halogens is 1. The number of hydrogen-bond donors (Lipinski definition) is 2. The standard InChI is InChI=1S/C14H21ClN4O/c1-19(2)14(5-3-4-6-14)9-18-13(20)10-7-11(15)12(16)17-8-10/h7-8H,3-6,9H2,1-2H3,(H2,16,17)(H,18,20). The highest BCUT2D eigenvalue weighted by Gasteiger charge is 2.36. The lowest BCUT2D eigenvalue weighted by Gasteiger charge is -2.36. The highest BCUT2D eigenvalue weighted by molar-refractivity contribution is 6.33. The molecule has 2 rings (SSSR count). The van der Waals surface area contributed by atoms with Crippen LogP contribution in [0.1, 0.15) is 36.0 Å². The molecule has 20 heavy (non-hydrogen) atoms. The molecule has 0 spiro atoms. The third-order valence-electron chi connectivity index (χ3n) is 4.19. The van der Waals surface area contributed by atoms with Gasteiger partial charge in [0.2, 0.25) is 0 Å². The van der Waals surface area contributed by atoms with Crippen LogP contribution in [-0.4, -0.2) is 42.0 Å². The van der Waals surface area contributed by atoms with Crippen LogP contribution in [0.4, 0.5) is 5.82 Å². The summed E-state index contributed by atoms with van der Waals surface area (Å²) in [4.78, 5) is 18.3. The molecule has 1 aliphatic carbocycles. The first-order valence-electron chi connectivity index (χ1n) is 6.81. The first-order valence-corrected chi connectivity index (χ1v) is 7.19. The Labute approximate surface area is 124 Å². The molecule has 1 saturated carbocycles. The van der Waals surface area contributed by atoms with Crippen molar-refractivity contribution in [1.82, 2.24) is 15.2 Å². The number of anilines is 1. The van der Waals surface area contributed by atoms with E-state index in [9.17, 15) is 4.79 Å². The van der Waals surface area contributed by atoms with Crippen LogP contribution in [0.5, 0.6) is 0 Å². The first kappa shape index (κ1) is 15.1. The first-order chi connectivity index (χ1) is 9.44. The molecule has 3 N–H and O–H groups in total. The molecule has 1 aromatic heterocycles. The van der Waals surface area contributed by atoms with E-state index < -0.39 is 0 Å². The fourth-order valence-electron chi connectivity index (χ4n) is 2.73. The van der Waals surface area contributed by atoms with Crippen molar-refractivity contribution in [2.45, 2.75) is 31.2 Å². The molecule has 1 fully saturated rings. The molecular formula is C14H21ClN4O. The van der Waals surface area contributed by atoms with Crippen molar-refractivity contribution in [2.75, 3.05) is 26.4 Å². The van der Waals surface area contributed by atoms with Crippen molar-refractivity contribution in [1.29, 1.82) is 0 Å². The molecule has 0 atom stereocenters. The fraction of sp³-hybridized carbons (Fsp3) is 0.571. The minimum Gasteiger partial charge on any atom is -0.382 e. The van der Waals surface area contributed by atoms with Crippen LogP contribution in [0.3, 0.4) is 0 Å². The second kappa shape index (κ2) is 5.97. The van der Waals surface area contributed by atoms with Gasteiger partial charge in [0.05, 0.1) is 10.6 Å². The summed E-state index contributed by atoms with van der Waals surface area (Å²) in [6.45, 7) is 0.640. The number of carbonyl (C=O) groups is 1. The number of likely N-dealkylation sites (N-methyl/N-ethyl adjacent to an activating group) is 1. The molecule has 1 aliphatic rings. The SMILES string of the molecule is CN(C)C1(CNC(=O)c2cnc(N)c(Cl)c2)CCCC1. The van der Waals surface area contributed by atoms with Crippen molar-refractivity contribution < 1.29 is 4.79 Å². The highest BCUT2D eigenvalue weighted by Crippen LogP contribution is 2.33. The van der Waals surface area contributed by atoms with Crippen molar-refractivity contribution in [3.05, 3.63) is 22.8 Å². The summed E-state index contributed by atoms with van der Waals surface area (Å²) in [5, 5.41) is 3.30. The zero-order valence-electron chi connectivity index (χ0n) is 11.9. The quantitative estimate of drug-likeness (QED) is 0.890. The van der Waals surface area contributed by atoms with E-state index in [1.807, 2.05) is 0 Å². The van der Waals surface area contributed by atoms with Crippen LogP contribution in [0.15, 0.2) is 12.3 Å². The number of nitrogens with one attached hydrogen (secondary N) is 1. The normalized spacial score (nSPS) is 17.4. The Balaban J connectivity index is 2.02. The van der Waals surface area contributed by atoms with Gasteiger partial charge in [-0.3, -0.25) is 4.79 Å². The summed E-state index contributed by atoms with van der Waals surface area (Å²) >= 11 is 5.89. The van der Waals surface area contributed by atoms with Crippen molar-refractivity contribution in [3.63, 3.8) is 0 Å². The topological polar surface area (TPSA) is 71.2 Å². The van der Waals surface area contributed by atoms with Crippen LogP contribution >= 0.6 is 11.6 Å². The average Bonchev–Trinajstić information content (AvgIpc) is 2.89. The van der Waals surface area contributed by atoms with E-state index >= 15 is 0 Å². The monoisotopic (exact) mass is 296 g/mol. The lowest BCUT2D eigenvalue weighted by Crippen LogP contribution is -2.50. The molecule has 0 bridgehead atoms. The number of amides is 1. The van der Waals surface area contributed by atoms with Gasteiger partial charge >= 0.3 is 0 Å².